The smallest absolute Gasteiger partial charge is 0.0509 e. The molecule has 0 fully saturated rings. The number of anilines is 10. The van der Waals surface area contributed by atoms with Crippen LogP contribution in [0.15, 0.2) is 133 Å². The zero-order valence-electron chi connectivity index (χ0n) is 36.5. The van der Waals surface area contributed by atoms with Crippen molar-refractivity contribution in [3.8, 4) is 22.3 Å². The minimum atomic E-state index is 1.14. The van der Waals surface area contributed by atoms with Crippen molar-refractivity contribution >= 4 is 67.6 Å². The standard InChI is InChI=1S/C56H52N4/c1-33-19-34(2)24-43(23-33)59(44-25-35(3)20-36(4)26-44)41-11-13-47-49-15-16-50-48-14-12-42(60(45-27-37(5)21-38(6)28-45)46-29-39(7)22-40(8)30-46)32-54(48)58(10)52-18-17-51(55(49)56(50)52)57(9)53(47)31-41/h11-32H,1-10H3. The summed E-state index contributed by atoms with van der Waals surface area (Å²) in [5.74, 6) is 0. The fraction of sp³-hybridized carbons (Fsp3) is 0.179. The van der Waals surface area contributed by atoms with Gasteiger partial charge in [-0.25, -0.2) is 0 Å². The van der Waals surface area contributed by atoms with E-state index in [1.165, 1.54) is 123 Å². The van der Waals surface area contributed by atoms with Crippen molar-refractivity contribution in [3.05, 3.63) is 178 Å². The van der Waals surface area contributed by atoms with Gasteiger partial charge in [-0.2, -0.15) is 0 Å². The highest BCUT2D eigenvalue weighted by Gasteiger charge is 2.31. The van der Waals surface area contributed by atoms with Gasteiger partial charge in [-0.1, -0.05) is 48.5 Å². The van der Waals surface area contributed by atoms with Crippen LogP contribution in [0.5, 0.6) is 0 Å². The fourth-order valence-corrected chi connectivity index (χ4v) is 10.3. The third-order valence-electron chi connectivity index (χ3n) is 12.5. The zero-order valence-corrected chi connectivity index (χ0v) is 36.5. The van der Waals surface area contributed by atoms with Crippen LogP contribution in [0.25, 0.3) is 33.0 Å². The second kappa shape index (κ2) is 13.9. The lowest BCUT2D eigenvalue weighted by Crippen LogP contribution is -2.20. The Labute approximate surface area is 355 Å². The van der Waals surface area contributed by atoms with Gasteiger partial charge in [0.05, 0.1) is 11.4 Å². The van der Waals surface area contributed by atoms with Gasteiger partial charge in [0.1, 0.15) is 0 Å². The number of fused-ring (bicyclic) bond motifs is 4. The van der Waals surface area contributed by atoms with E-state index in [0.29, 0.717) is 0 Å². The molecule has 4 nitrogen and oxygen atoms in total. The minimum absolute atomic E-state index is 1.14. The van der Waals surface area contributed by atoms with Crippen LogP contribution in [0.4, 0.5) is 56.9 Å². The van der Waals surface area contributed by atoms with Crippen molar-refractivity contribution in [2.24, 2.45) is 0 Å². The average Bonchev–Trinajstić information content (AvgIpc) is 3.18. The average molecular weight is 781 g/mol. The van der Waals surface area contributed by atoms with E-state index in [9.17, 15) is 0 Å². The molecule has 0 bridgehead atoms. The lowest BCUT2D eigenvalue weighted by Gasteiger charge is -2.37. The van der Waals surface area contributed by atoms with Crippen molar-refractivity contribution < 1.29 is 0 Å². The molecular weight excluding hydrogens is 729 g/mol. The summed E-state index contributed by atoms with van der Waals surface area (Å²) in [5, 5.41) is 2.61. The van der Waals surface area contributed by atoms with Gasteiger partial charge in [0.2, 0.25) is 0 Å². The maximum Gasteiger partial charge on any atom is 0.0509 e. The second-order valence-corrected chi connectivity index (χ2v) is 17.6. The van der Waals surface area contributed by atoms with E-state index >= 15 is 0 Å². The number of hydrogen-bond donors (Lipinski definition) is 0. The Morgan fingerprint density at radius 1 is 0.267 bits per heavy atom. The third kappa shape index (κ3) is 6.13. The molecule has 2 aliphatic rings. The molecule has 4 heteroatoms. The monoisotopic (exact) mass is 780 g/mol. The quantitative estimate of drug-likeness (QED) is 0.167. The Bertz CT molecular complexity index is 2690. The topological polar surface area (TPSA) is 13.0 Å². The molecular formula is C56H52N4. The van der Waals surface area contributed by atoms with Crippen LogP contribution in [-0.4, -0.2) is 14.1 Å². The van der Waals surface area contributed by atoms with Crippen LogP contribution in [-0.2, 0) is 0 Å². The Morgan fingerprint density at radius 3 is 0.817 bits per heavy atom. The van der Waals surface area contributed by atoms with E-state index in [1.807, 2.05) is 0 Å². The number of aryl methyl sites for hydroxylation is 8. The summed E-state index contributed by atoms with van der Waals surface area (Å²) in [6.45, 7) is 17.5. The highest BCUT2D eigenvalue weighted by molar-refractivity contribution is 6.23. The molecule has 0 unspecified atom stereocenters. The first-order chi connectivity index (χ1) is 28.8. The summed E-state index contributed by atoms with van der Waals surface area (Å²) in [7, 11) is 4.46. The molecule has 8 aromatic rings. The Kier molecular flexibility index (Phi) is 8.69. The predicted octanol–water partition coefficient (Wildman–Crippen LogP) is 15.7. The number of rotatable bonds is 6. The molecule has 0 aliphatic carbocycles. The molecule has 2 aliphatic heterocycles. The Hall–Kier alpha value is -6.78. The lowest BCUT2D eigenvalue weighted by molar-refractivity contribution is 1.18. The first-order valence-electron chi connectivity index (χ1n) is 21.1. The van der Waals surface area contributed by atoms with Gasteiger partial charge in [0.25, 0.3) is 0 Å². The summed E-state index contributed by atoms with van der Waals surface area (Å²) in [6.07, 6.45) is 0. The number of hydrogen-bond acceptors (Lipinski definition) is 4. The van der Waals surface area contributed by atoms with E-state index in [-0.39, 0.29) is 0 Å². The van der Waals surface area contributed by atoms with Gasteiger partial charge in [0.15, 0.2) is 0 Å². The maximum absolute atomic E-state index is 2.42. The first kappa shape index (κ1) is 37.5. The largest absolute Gasteiger partial charge is 0.344 e. The summed E-state index contributed by atoms with van der Waals surface area (Å²) in [5.41, 5.74) is 26.9. The van der Waals surface area contributed by atoms with Crippen LogP contribution in [0, 0.1) is 55.4 Å². The normalized spacial score (nSPS) is 12.4. The molecule has 2 heterocycles. The van der Waals surface area contributed by atoms with Gasteiger partial charge in [-0.15, -0.1) is 0 Å². The predicted molar refractivity (Wildman–Crippen MR) is 258 cm³/mol. The molecule has 0 saturated carbocycles. The van der Waals surface area contributed by atoms with Gasteiger partial charge >= 0.3 is 0 Å². The molecule has 0 spiro atoms. The number of nitrogens with zero attached hydrogens (tertiary/aromatic N) is 4. The molecule has 0 amide bonds. The van der Waals surface area contributed by atoms with Crippen molar-refractivity contribution in [1.29, 1.82) is 0 Å². The molecule has 0 atom stereocenters. The van der Waals surface area contributed by atoms with Crippen LogP contribution in [0.3, 0.4) is 0 Å². The van der Waals surface area contributed by atoms with E-state index in [1.54, 1.807) is 0 Å². The SMILES string of the molecule is Cc1cc(C)cc(N(c2cc(C)cc(C)c2)c2ccc3c(c2)N(C)c2ccc4c5c(ccc-3c25)-c2ccc(N(c3cc(C)cc(C)c3)c3cc(C)cc(C)c3)cc2N4C)c1. The van der Waals surface area contributed by atoms with E-state index in [4.69, 9.17) is 0 Å². The zero-order chi connectivity index (χ0) is 41.7. The molecule has 0 radical (unpaired) electrons. The second-order valence-electron chi connectivity index (χ2n) is 17.6. The van der Waals surface area contributed by atoms with Crippen LogP contribution >= 0.6 is 0 Å². The summed E-state index contributed by atoms with van der Waals surface area (Å²) in [4.78, 5) is 9.65. The summed E-state index contributed by atoms with van der Waals surface area (Å²) in [6, 6.07) is 50.8. The van der Waals surface area contributed by atoms with Crippen LogP contribution in [0.2, 0.25) is 0 Å². The highest BCUT2D eigenvalue weighted by Crippen LogP contribution is 2.56. The molecule has 0 aromatic heterocycles. The Balaban J connectivity index is 1.11. The third-order valence-corrected chi connectivity index (χ3v) is 12.5. The molecule has 0 N–H and O–H groups in total. The van der Waals surface area contributed by atoms with Crippen molar-refractivity contribution in [2.75, 3.05) is 33.7 Å². The molecule has 296 valence electrons. The van der Waals surface area contributed by atoms with Crippen molar-refractivity contribution in [2.45, 2.75) is 55.4 Å². The van der Waals surface area contributed by atoms with E-state index < -0.39 is 0 Å². The maximum atomic E-state index is 2.42. The van der Waals surface area contributed by atoms with E-state index in [2.05, 4.69) is 223 Å². The van der Waals surface area contributed by atoms with Gasteiger partial charge in [0, 0.05) is 81.5 Å². The van der Waals surface area contributed by atoms with Crippen LogP contribution in [0.1, 0.15) is 44.5 Å². The Morgan fingerprint density at radius 2 is 0.533 bits per heavy atom. The molecule has 60 heavy (non-hydrogen) atoms. The van der Waals surface area contributed by atoms with Gasteiger partial charge in [-0.05, 0) is 196 Å². The first-order valence-corrected chi connectivity index (χ1v) is 21.1. The van der Waals surface area contributed by atoms with Gasteiger partial charge < -0.3 is 19.6 Å². The highest BCUT2D eigenvalue weighted by atomic mass is 15.2. The van der Waals surface area contributed by atoms with Crippen molar-refractivity contribution in [1.82, 2.24) is 0 Å². The van der Waals surface area contributed by atoms with Crippen molar-refractivity contribution in [3.63, 3.8) is 0 Å². The lowest BCUT2D eigenvalue weighted by atomic mass is 9.84. The van der Waals surface area contributed by atoms with Gasteiger partial charge in [-0.3, -0.25) is 0 Å². The molecule has 10 rings (SSSR count). The summed E-state index contributed by atoms with van der Waals surface area (Å²) < 4.78 is 0. The summed E-state index contributed by atoms with van der Waals surface area (Å²) >= 11 is 0. The minimum Gasteiger partial charge on any atom is -0.344 e. The van der Waals surface area contributed by atoms with Crippen LogP contribution < -0.4 is 19.6 Å². The molecule has 8 aromatic carbocycles. The number of benzene rings is 8. The fourth-order valence-electron chi connectivity index (χ4n) is 10.3. The van der Waals surface area contributed by atoms with E-state index in [0.717, 1.165) is 11.4 Å². The molecule has 0 saturated heterocycles.